The molecule has 6 aromatic rings. The molecule has 0 N–H and O–H groups in total. The number of hydrogen-bond acceptors (Lipinski definition) is 2. The first-order valence-corrected chi connectivity index (χ1v) is 14.3. The molecule has 0 aliphatic rings. The van der Waals surface area contributed by atoms with Crippen molar-refractivity contribution in [3.63, 3.8) is 0 Å². The Morgan fingerprint density at radius 1 is 0.366 bits per heavy atom. The van der Waals surface area contributed by atoms with Gasteiger partial charge in [0, 0.05) is 22.3 Å². The molecule has 0 aliphatic carbocycles. The highest BCUT2D eigenvalue weighted by Crippen LogP contribution is 2.44. The van der Waals surface area contributed by atoms with Crippen molar-refractivity contribution < 1.29 is 9.47 Å². The molecule has 6 rings (SSSR count). The van der Waals surface area contributed by atoms with Gasteiger partial charge in [-0.1, -0.05) is 158 Å². The number of para-hydroxylation sites is 2. The average Bonchev–Trinajstić information content (AvgIpc) is 3.02. The summed E-state index contributed by atoms with van der Waals surface area (Å²) in [6.45, 7) is 1.95. The summed E-state index contributed by atoms with van der Waals surface area (Å²) >= 11 is 2.81. The van der Waals surface area contributed by atoms with Gasteiger partial charge in [0.1, 0.15) is 16.1 Å². The Balaban J connectivity index is 1.47. The zero-order valence-corrected chi connectivity index (χ0v) is 24.1. The minimum Gasteiger partial charge on any atom is -0.470 e. The maximum Gasteiger partial charge on any atom is 0.272 e. The Morgan fingerprint density at radius 2 is 0.610 bits per heavy atom. The van der Waals surface area contributed by atoms with Crippen molar-refractivity contribution in [1.82, 2.24) is 0 Å². The first-order valence-electron chi connectivity index (χ1n) is 13.7. The van der Waals surface area contributed by atoms with Gasteiger partial charge in [-0.05, 0) is 29.2 Å². The molecule has 0 aliphatic heterocycles. The lowest BCUT2D eigenvalue weighted by molar-refractivity contribution is -0.0199. The van der Waals surface area contributed by atoms with Crippen molar-refractivity contribution in [1.29, 1.82) is 0 Å². The predicted octanol–water partition coefficient (Wildman–Crippen LogP) is 9.65. The highest BCUT2D eigenvalue weighted by atomic mass is 27.0. The molecule has 0 fully saturated rings. The normalized spacial score (nSPS) is 11.1. The third-order valence-corrected chi connectivity index (χ3v) is 7.21. The summed E-state index contributed by atoms with van der Waals surface area (Å²) in [5, 5.41) is 0. The number of hydrogen-bond donors (Lipinski definition) is 0. The molecule has 0 amide bonds. The van der Waals surface area contributed by atoms with Gasteiger partial charge in [-0.2, -0.15) is 0 Å². The van der Waals surface area contributed by atoms with Gasteiger partial charge >= 0.3 is 0 Å². The third kappa shape index (κ3) is 5.98. The van der Waals surface area contributed by atoms with E-state index < -0.39 is 4.65 Å². The Hall–Kier alpha value is -4.55. The summed E-state index contributed by atoms with van der Waals surface area (Å²) in [7, 11) is 0. The molecule has 0 spiro atoms. The summed E-state index contributed by atoms with van der Waals surface area (Å²) in [5.41, 5.74) is 8.33. The quantitative estimate of drug-likeness (QED) is 0.140. The van der Waals surface area contributed by atoms with Gasteiger partial charge in [-0.15, -0.1) is 0 Å². The SMILES string of the molecule is C[C]([Al])(Oc1c(-c2ccccc2)cccc1-c1ccccc1)Oc1c(-c2ccccc2)cccc1-c1ccccc1. The lowest BCUT2D eigenvalue weighted by atomic mass is 9.97. The van der Waals surface area contributed by atoms with Crippen LogP contribution in [0.1, 0.15) is 6.92 Å². The first kappa shape index (κ1) is 26.7. The fourth-order valence-corrected chi connectivity index (χ4v) is 5.34. The van der Waals surface area contributed by atoms with Crippen LogP contribution in [0, 0.1) is 0 Å². The van der Waals surface area contributed by atoms with Gasteiger partial charge in [-0.3, -0.25) is 0 Å². The fraction of sp³-hybridized carbons (Fsp3) is 0.0526. The topological polar surface area (TPSA) is 18.5 Å². The summed E-state index contributed by atoms with van der Waals surface area (Å²) in [6, 6.07) is 53.9. The van der Waals surface area contributed by atoms with E-state index in [1.807, 2.05) is 79.7 Å². The van der Waals surface area contributed by atoms with Crippen LogP contribution in [0.3, 0.4) is 0 Å². The molecule has 0 bridgehead atoms. The Bertz CT molecular complexity index is 1490. The lowest BCUT2D eigenvalue weighted by Crippen LogP contribution is -2.40. The smallest absolute Gasteiger partial charge is 0.272 e. The van der Waals surface area contributed by atoms with E-state index >= 15 is 0 Å². The number of benzene rings is 6. The Kier molecular flexibility index (Phi) is 7.74. The van der Waals surface area contributed by atoms with Crippen LogP contribution in [0.4, 0.5) is 0 Å². The zero-order valence-electron chi connectivity index (χ0n) is 22.9. The van der Waals surface area contributed by atoms with E-state index in [4.69, 9.17) is 9.47 Å². The van der Waals surface area contributed by atoms with Crippen LogP contribution in [0.15, 0.2) is 158 Å². The van der Waals surface area contributed by atoms with Gasteiger partial charge in [0.05, 0.1) is 0 Å². The summed E-state index contributed by atoms with van der Waals surface area (Å²) in [4.78, 5) is 0. The molecule has 0 heterocycles. The van der Waals surface area contributed by atoms with Crippen molar-refractivity contribution in [3.8, 4) is 56.0 Å². The van der Waals surface area contributed by atoms with Gasteiger partial charge in [0.2, 0.25) is 0 Å². The minimum atomic E-state index is -1.09. The molecule has 0 aromatic heterocycles. The third-order valence-electron chi connectivity index (χ3n) is 6.98. The van der Waals surface area contributed by atoms with E-state index in [1.165, 1.54) is 0 Å². The molecule has 0 atom stereocenters. The molecule has 2 nitrogen and oxygen atoms in total. The van der Waals surface area contributed by atoms with E-state index in [1.54, 1.807) is 0 Å². The van der Waals surface area contributed by atoms with Crippen LogP contribution in [0.25, 0.3) is 44.5 Å². The second kappa shape index (κ2) is 11.9. The van der Waals surface area contributed by atoms with E-state index in [0.29, 0.717) is 0 Å². The van der Waals surface area contributed by atoms with Crippen molar-refractivity contribution in [2.24, 2.45) is 0 Å². The van der Waals surface area contributed by atoms with Crippen LogP contribution in [-0.2, 0) is 0 Å². The monoisotopic (exact) mass is 544 g/mol. The molecule has 6 aromatic carbocycles. The van der Waals surface area contributed by atoms with Crippen molar-refractivity contribution in [3.05, 3.63) is 158 Å². The van der Waals surface area contributed by atoms with E-state index in [2.05, 4.69) is 101 Å². The van der Waals surface area contributed by atoms with Crippen LogP contribution >= 0.6 is 0 Å². The molecular formula is C38H29AlO2. The molecule has 41 heavy (non-hydrogen) atoms. The molecule has 2 radical (unpaired) electrons. The maximum atomic E-state index is 6.90. The largest absolute Gasteiger partial charge is 0.470 e. The van der Waals surface area contributed by atoms with Gasteiger partial charge < -0.3 is 9.47 Å². The lowest BCUT2D eigenvalue weighted by Gasteiger charge is -2.34. The standard InChI is InChI=1S/C38H29O2.Al/c1-28(39-37-33(29-16-6-2-7-17-29)24-14-25-34(37)30-18-8-3-9-19-30)40-38-35(31-20-10-4-11-21-31)26-15-27-36(38)32-22-12-5-13-23-32;/h2-27H,1H3;. The molecule has 0 saturated carbocycles. The summed E-state index contributed by atoms with van der Waals surface area (Å²) < 4.78 is 12.7. The zero-order chi connectivity index (χ0) is 28.1. The van der Waals surface area contributed by atoms with E-state index in [0.717, 1.165) is 56.0 Å². The van der Waals surface area contributed by atoms with Crippen LogP contribution in [0.5, 0.6) is 11.5 Å². The number of rotatable bonds is 8. The summed E-state index contributed by atoms with van der Waals surface area (Å²) in [6.07, 6.45) is 0. The molecule has 196 valence electrons. The highest BCUT2D eigenvalue weighted by molar-refractivity contribution is 6.13. The van der Waals surface area contributed by atoms with Gasteiger partial charge in [0.15, 0.2) is 0 Å². The Morgan fingerprint density at radius 3 is 0.854 bits per heavy atom. The maximum absolute atomic E-state index is 6.90. The van der Waals surface area contributed by atoms with Crippen molar-refractivity contribution in [2.45, 2.75) is 11.6 Å². The predicted molar refractivity (Wildman–Crippen MR) is 170 cm³/mol. The van der Waals surface area contributed by atoms with Gasteiger partial charge in [0.25, 0.3) is 16.3 Å². The van der Waals surface area contributed by atoms with Gasteiger partial charge in [-0.25, -0.2) is 0 Å². The van der Waals surface area contributed by atoms with E-state index in [9.17, 15) is 0 Å². The summed E-state index contributed by atoms with van der Waals surface area (Å²) in [5.74, 6) is 1.53. The molecule has 3 heteroatoms. The van der Waals surface area contributed by atoms with Crippen LogP contribution < -0.4 is 9.47 Å². The first-order chi connectivity index (χ1) is 20.1. The van der Waals surface area contributed by atoms with E-state index in [-0.39, 0.29) is 0 Å². The minimum absolute atomic E-state index is 0.765. The molecule has 0 saturated heterocycles. The Labute approximate surface area is 250 Å². The average molecular weight is 545 g/mol. The fourth-order valence-electron chi connectivity index (χ4n) is 5.10. The molecular weight excluding hydrogens is 515 g/mol. The molecule has 0 unspecified atom stereocenters. The number of ether oxygens (including phenoxy) is 2. The van der Waals surface area contributed by atoms with Crippen molar-refractivity contribution >= 4 is 16.3 Å². The highest BCUT2D eigenvalue weighted by Gasteiger charge is 2.27. The van der Waals surface area contributed by atoms with Crippen molar-refractivity contribution in [2.75, 3.05) is 0 Å². The second-order valence-corrected chi connectivity index (χ2v) is 11.1. The second-order valence-electron chi connectivity index (χ2n) is 10.0. The van der Waals surface area contributed by atoms with Crippen LogP contribution in [0.2, 0.25) is 0 Å². The van der Waals surface area contributed by atoms with Crippen LogP contribution in [-0.4, -0.2) is 20.9 Å².